The Morgan fingerprint density at radius 1 is 1.15 bits per heavy atom. The van der Waals surface area contributed by atoms with E-state index in [0.717, 1.165) is 17.2 Å². The first-order valence-corrected chi connectivity index (χ1v) is 8.31. The van der Waals surface area contributed by atoms with Gasteiger partial charge in [0.2, 0.25) is 0 Å². The van der Waals surface area contributed by atoms with Crippen LogP contribution in [0.4, 0.5) is 23.7 Å². The molecule has 0 saturated carbocycles. The number of carbonyl (C=O) groups is 1. The van der Waals surface area contributed by atoms with Crippen molar-refractivity contribution in [2.75, 3.05) is 25.1 Å². The summed E-state index contributed by atoms with van der Waals surface area (Å²) in [4.78, 5) is 12.1. The van der Waals surface area contributed by atoms with Gasteiger partial charge in [0.1, 0.15) is 0 Å². The summed E-state index contributed by atoms with van der Waals surface area (Å²) >= 11 is 0. The number of hydrogen-bond acceptors (Lipinski definition) is 3. The third-order valence-corrected chi connectivity index (χ3v) is 3.79. The Kier molecular flexibility index (Phi) is 7.20. The summed E-state index contributed by atoms with van der Waals surface area (Å²) in [6, 6.07) is 11.4. The third-order valence-electron chi connectivity index (χ3n) is 3.79. The zero-order chi connectivity index (χ0) is 19.9. The number of hydrogen-bond donors (Lipinski definition) is 3. The van der Waals surface area contributed by atoms with Gasteiger partial charge in [-0.05, 0) is 24.6 Å². The molecule has 0 fully saturated rings. The largest absolute Gasteiger partial charge is 0.418 e. The minimum atomic E-state index is -4.57. The molecule has 2 aromatic carbocycles. The number of benzene rings is 2. The first-order chi connectivity index (χ1) is 12.8. The van der Waals surface area contributed by atoms with E-state index in [2.05, 4.69) is 10.6 Å². The summed E-state index contributed by atoms with van der Waals surface area (Å²) < 4.78 is 44.5. The molecule has 0 bridgehead atoms. The second-order valence-electron chi connectivity index (χ2n) is 5.87. The van der Waals surface area contributed by atoms with Crippen LogP contribution in [-0.2, 0) is 10.9 Å². The highest BCUT2D eigenvalue weighted by Crippen LogP contribution is 2.34. The monoisotopic (exact) mass is 382 g/mol. The fraction of sp³-hybridized carbons (Fsp3) is 0.316. The lowest BCUT2D eigenvalue weighted by Gasteiger charge is -2.19. The normalized spacial score (nSPS) is 12.5. The lowest BCUT2D eigenvalue weighted by molar-refractivity contribution is -0.136. The number of nitrogens with one attached hydrogen (secondary N) is 2. The van der Waals surface area contributed by atoms with Gasteiger partial charge >= 0.3 is 12.2 Å². The van der Waals surface area contributed by atoms with Crippen LogP contribution in [0.25, 0.3) is 0 Å². The maximum absolute atomic E-state index is 13.0. The summed E-state index contributed by atoms with van der Waals surface area (Å²) in [6.45, 7) is 1.84. The minimum Gasteiger partial charge on any atom is -0.394 e. The molecule has 0 saturated heterocycles. The molecule has 2 amide bonds. The van der Waals surface area contributed by atoms with Crippen molar-refractivity contribution in [3.8, 4) is 0 Å². The van der Waals surface area contributed by atoms with Crippen LogP contribution >= 0.6 is 0 Å². The molecule has 0 unspecified atom stereocenters. The summed E-state index contributed by atoms with van der Waals surface area (Å²) in [7, 11) is 0. The molecule has 5 nitrogen and oxygen atoms in total. The number of halogens is 3. The van der Waals surface area contributed by atoms with Crippen molar-refractivity contribution in [2.24, 2.45) is 0 Å². The van der Waals surface area contributed by atoms with E-state index in [-0.39, 0.29) is 25.4 Å². The van der Waals surface area contributed by atoms with Gasteiger partial charge < -0.3 is 20.5 Å². The first-order valence-electron chi connectivity index (χ1n) is 8.31. The number of urea groups is 1. The summed E-state index contributed by atoms with van der Waals surface area (Å²) in [5, 5.41) is 13.7. The van der Waals surface area contributed by atoms with E-state index >= 15 is 0 Å². The number of aryl methyl sites for hydroxylation is 1. The van der Waals surface area contributed by atoms with Crippen LogP contribution in [0.2, 0.25) is 0 Å². The Balaban J connectivity index is 2.02. The van der Waals surface area contributed by atoms with E-state index in [1.165, 1.54) is 18.2 Å². The van der Waals surface area contributed by atoms with Gasteiger partial charge in [-0.1, -0.05) is 42.0 Å². The van der Waals surface area contributed by atoms with Gasteiger partial charge in [-0.3, -0.25) is 0 Å². The lowest BCUT2D eigenvalue weighted by atomic mass is 10.1. The molecule has 1 atom stereocenters. The average Bonchev–Trinajstić information content (AvgIpc) is 2.62. The molecule has 3 N–H and O–H groups in total. The smallest absolute Gasteiger partial charge is 0.394 e. The third kappa shape index (κ3) is 6.26. The van der Waals surface area contributed by atoms with Gasteiger partial charge in [0, 0.05) is 6.54 Å². The van der Waals surface area contributed by atoms with Crippen LogP contribution in [0.5, 0.6) is 0 Å². The number of aliphatic hydroxyl groups excluding tert-OH is 1. The van der Waals surface area contributed by atoms with Gasteiger partial charge in [0.15, 0.2) is 0 Å². The number of amides is 2. The van der Waals surface area contributed by atoms with Crippen molar-refractivity contribution in [3.63, 3.8) is 0 Å². The number of anilines is 1. The SMILES string of the molecule is Cc1ccc([C@@H](CNC(=O)Nc2ccccc2C(F)(F)F)OCCO)cc1. The maximum atomic E-state index is 13.0. The quantitative estimate of drug-likeness (QED) is 0.681. The van der Waals surface area contributed by atoms with Crippen LogP contribution < -0.4 is 10.6 Å². The molecule has 0 heterocycles. The highest BCUT2D eigenvalue weighted by Gasteiger charge is 2.33. The van der Waals surface area contributed by atoms with E-state index < -0.39 is 23.9 Å². The second-order valence-corrected chi connectivity index (χ2v) is 5.87. The van der Waals surface area contributed by atoms with Gasteiger partial charge in [0.05, 0.1) is 30.6 Å². The molecular formula is C19H21F3N2O3. The average molecular weight is 382 g/mol. The summed E-state index contributed by atoms with van der Waals surface area (Å²) in [5.41, 5.74) is 0.580. The fourth-order valence-corrected chi connectivity index (χ4v) is 2.44. The number of alkyl halides is 3. The van der Waals surface area contributed by atoms with Crippen molar-refractivity contribution in [1.82, 2.24) is 5.32 Å². The molecule has 146 valence electrons. The zero-order valence-corrected chi connectivity index (χ0v) is 14.7. The number of para-hydroxylation sites is 1. The van der Waals surface area contributed by atoms with Crippen LogP contribution in [0, 0.1) is 6.92 Å². The highest BCUT2D eigenvalue weighted by atomic mass is 19.4. The topological polar surface area (TPSA) is 70.6 Å². The molecule has 2 rings (SSSR count). The second kappa shape index (κ2) is 9.38. The summed E-state index contributed by atoms with van der Waals surface area (Å²) in [5.74, 6) is 0. The van der Waals surface area contributed by atoms with Crippen molar-refractivity contribution in [1.29, 1.82) is 0 Å². The van der Waals surface area contributed by atoms with Crippen molar-refractivity contribution in [2.45, 2.75) is 19.2 Å². The molecule has 0 aromatic heterocycles. The molecular weight excluding hydrogens is 361 g/mol. The maximum Gasteiger partial charge on any atom is 0.418 e. The first kappa shape index (κ1) is 20.7. The van der Waals surface area contributed by atoms with E-state index in [1.807, 2.05) is 31.2 Å². The van der Waals surface area contributed by atoms with Crippen molar-refractivity contribution < 1.29 is 27.8 Å². The Labute approximate surface area is 155 Å². The number of ether oxygens (including phenoxy) is 1. The van der Waals surface area contributed by atoms with E-state index in [1.54, 1.807) is 0 Å². The van der Waals surface area contributed by atoms with Gasteiger partial charge in [-0.25, -0.2) is 4.79 Å². The van der Waals surface area contributed by atoms with Crippen molar-refractivity contribution in [3.05, 3.63) is 65.2 Å². The van der Waals surface area contributed by atoms with Crippen LogP contribution in [0.1, 0.15) is 22.8 Å². The summed E-state index contributed by atoms with van der Waals surface area (Å²) in [6.07, 6.45) is -5.11. The van der Waals surface area contributed by atoms with E-state index in [0.29, 0.717) is 0 Å². The molecule has 27 heavy (non-hydrogen) atoms. The Hall–Kier alpha value is -2.58. The zero-order valence-electron chi connectivity index (χ0n) is 14.7. The van der Waals surface area contributed by atoms with Crippen LogP contribution in [-0.4, -0.2) is 30.9 Å². The molecule has 0 aliphatic carbocycles. The predicted molar refractivity (Wildman–Crippen MR) is 95.4 cm³/mol. The van der Waals surface area contributed by atoms with Crippen LogP contribution in [0.15, 0.2) is 48.5 Å². The molecule has 0 aliphatic rings. The molecule has 0 aliphatic heterocycles. The number of rotatable bonds is 7. The Morgan fingerprint density at radius 3 is 2.44 bits per heavy atom. The molecule has 0 radical (unpaired) electrons. The number of aliphatic hydroxyl groups is 1. The van der Waals surface area contributed by atoms with E-state index in [9.17, 15) is 18.0 Å². The highest BCUT2D eigenvalue weighted by molar-refractivity contribution is 5.90. The van der Waals surface area contributed by atoms with Gasteiger partial charge in [-0.2, -0.15) is 13.2 Å². The molecule has 8 heteroatoms. The molecule has 0 spiro atoms. The predicted octanol–water partition coefficient (Wildman–Crippen LogP) is 3.89. The standard InChI is InChI=1S/C19H21F3N2O3/c1-13-6-8-14(9-7-13)17(27-11-10-25)12-23-18(26)24-16-5-3-2-4-15(16)19(20,21)22/h2-9,17,25H,10-12H2,1H3,(H2,23,24,26)/t17-/m1/s1. The van der Waals surface area contributed by atoms with Crippen molar-refractivity contribution >= 4 is 11.7 Å². The Morgan fingerprint density at radius 2 is 1.81 bits per heavy atom. The minimum absolute atomic E-state index is 0.0308. The van der Waals surface area contributed by atoms with E-state index in [4.69, 9.17) is 9.84 Å². The molecule has 2 aromatic rings. The lowest BCUT2D eigenvalue weighted by Crippen LogP contribution is -2.34. The van der Waals surface area contributed by atoms with Gasteiger partial charge in [-0.15, -0.1) is 0 Å². The van der Waals surface area contributed by atoms with Crippen LogP contribution in [0.3, 0.4) is 0 Å². The Bertz CT molecular complexity index is 749. The number of carbonyl (C=O) groups excluding carboxylic acids is 1. The fourth-order valence-electron chi connectivity index (χ4n) is 2.44. The van der Waals surface area contributed by atoms with Gasteiger partial charge in [0.25, 0.3) is 0 Å².